The molecule has 0 saturated heterocycles. The third kappa shape index (κ3) is 2.89. The van der Waals surface area contributed by atoms with E-state index in [1.165, 1.54) is 5.56 Å². The quantitative estimate of drug-likeness (QED) is 0.921. The maximum absolute atomic E-state index is 6.25. The second-order valence-electron chi connectivity index (χ2n) is 4.41. The number of aryl methyl sites for hydroxylation is 2. The van der Waals surface area contributed by atoms with Crippen LogP contribution in [-0.4, -0.2) is 12.1 Å². The van der Waals surface area contributed by atoms with Gasteiger partial charge in [0.1, 0.15) is 5.75 Å². The molecule has 3 nitrogen and oxygen atoms in total. The summed E-state index contributed by atoms with van der Waals surface area (Å²) in [6.45, 7) is 4.05. The smallest absolute Gasteiger partial charge is 0.123 e. The molecule has 0 amide bonds. The van der Waals surface area contributed by atoms with Gasteiger partial charge < -0.3 is 10.5 Å². The number of ether oxygens (including phenoxy) is 1. The zero-order valence-corrected chi connectivity index (χ0v) is 11.8. The molecule has 0 aliphatic rings. The maximum atomic E-state index is 6.25. The summed E-state index contributed by atoms with van der Waals surface area (Å²) in [5.41, 5.74) is 9.51. The monoisotopic (exact) mass is 262 g/mol. The van der Waals surface area contributed by atoms with Gasteiger partial charge in [-0.3, -0.25) is 0 Å². The lowest BCUT2D eigenvalue weighted by Crippen LogP contribution is -2.14. The van der Waals surface area contributed by atoms with Gasteiger partial charge in [-0.15, -0.1) is 11.3 Å². The van der Waals surface area contributed by atoms with Gasteiger partial charge in [0.2, 0.25) is 0 Å². The van der Waals surface area contributed by atoms with E-state index in [9.17, 15) is 0 Å². The molecule has 1 aromatic heterocycles. The lowest BCUT2D eigenvalue weighted by Gasteiger charge is -2.15. The Morgan fingerprint density at radius 3 is 2.78 bits per heavy atom. The first-order valence-corrected chi connectivity index (χ1v) is 6.79. The van der Waals surface area contributed by atoms with Crippen LogP contribution in [0.1, 0.15) is 27.9 Å². The van der Waals surface area contributed by atoms with Crippen LogP contribution in [-0.2, 0) is 6.42 Å². The summed E-state index contributed by atoms with van der Waals surface area (Å²) >= 11 is 1.66. The van der Waals surface area contributed by atoms with E-state index >= 15 is 0 Å². The van der Waals surface area contributed by atoms with Crippen molar-refractivity contribution in [1.29, 1.82) is 0 Å². The van der Waals surface area contributed by atoms with E-state index < -0.39 is 0 Å². The fourth-order valence-electron chi connectivity index (χ4n) is 1.96. The van der Waals surface area contributed by atoms with Crippen LogP contribution in [0, 0.1) is 13.8 Å². The highest BCUT2D eigenvalue weighted by Crippen LogP contribution is 2.27. The van der Waals surface area contributed by atoms with E-state index in [2.05, 4.69) is 16.4 Å². The number of methoxy groups -OCH3 is 1. The Morgan fingerprint density at radius 2 is 2.17 bits per heavy atom. The molecule has 18 heavy (non-hydrogen) atoms. The van der Waals surface area contributed by atoms with Crippen LogP contribution in [0.15, 0.2) is 23.6 Å². The van der Waals surface area contributed by atoms with Gasteiger partial charge in [0.15, 0.2) is 0 Å². The Morgan fingerprint density at radius 1 is 1.39 bits per heavy atom. The van der Waals surface area contributed by atoms with Crippen molar-refractivity contribution in [3.8, 4) is 5.75 Å². The zero-order valence-electron chi connectivity index (χ0n) is 10.9. The van der Waals surface area contributed by atoms with Gasteiger partial charge in [0.05, 0.1) is 17.8 Å². The van der Waals surface area contributed by atoms with Crippen LogP contribution in [0.3, 0.4) is 0 Å². The summed E-state index contributed by atoms with van der Waals surface area (Å²) in [7, 11) is 1.68. The Labute approximate surface area is 112 Å². The molecule has 96 valence electrons. The molecule has 0 radical (unpaired) electrons. The number of hydrogen-bond donors (Lipinski definition) is 1. The molecule has 4 heteroatoms. The number of nitrogens with zero attached hydrogens (tertiary/aromatic N) is 1. The largest absolute Gasteiger partial charge is 0.496 e. The molecule has 0 spiro atoms. The Bertz CT molecular complexity index is 536. The van der Waals surface area contributed by atoms with E-state index in [4.69, 9.17) is 10.5 Å². The van der Waals surface area contributed by atoms with Gasteiger partial charge in [-0.25, -0.2) is 4.98 Å². The molecule has 0 bridgehead atoms. The molecule has 0 saturated carbocycles. The fraction of sp³-hybridized carbons (Fsp3) is 0.357. The number of aromatic nitrogens is 1. The summed E-state index contributed by atoms with van der Waals surface area (Å²) in [5.74, 6) is 0.856. The third-order valence-electron chi connectivity index (χ3n) is 2.88. The van der Waals surface area contributed by atoms with Gasteiger partial charge in [0.25, 0.3) is 0 Å². The molecule has 2 rings (SSSR count). The van der Waals surface area contributed by atoms with Gasteiger partial charge >= 0.3 is 0 Å². The van der Waals surface area contributed by atoms with Crippen LogP contribution in [0.5, 0.6) is 5.75 Å². The molecular formula is C14H18N2OS. The van der Waals surface area contributed by atoms with Crippen molar-refractivity contribution in [2.75, 3.05) is 7.11 Å². The number of nitrogens with two attached hydrogens (primary N) is 1. The first-order valence-electron chi connectivity index (χ1n) is 5.91. The van der Waals surface area contributed by atoms with Crippen molar-refractivity contribution in [3.05, 3.63) is 45.4 Å². The van der Waals surface area contributed by atoms with Crippen molar-refractivity contribution in [3.63, 3.8) is 0 Å². The Balaban J connectivity index is 2.20. The number of thiazole rings is 1. The number of hydrogen-bond acceptors (Lipinski definition) is 4. The van der Waals surface area contributed by atoms with Crippen molar-refractivity contribution in [2.45, 2.75) is 26.3 Å². The molecule has 0 aliphatic heterocycles. The molecular weight excluding hydrogens is 244 g/mol. The van der Waals surface area contributed by atoms with E-state index in [1.807, 2.05) is 26.0 Å². The lowest BCUT2D eigenvalue weighted by molar-refractivity contribution is 0.405. The average Bonchev–Trinajstić information content (AvgIpc) is 2.74. The Hall–Kier alpha value is -1.39. The van der Waals surface area contributed by atoms with Crippen molar-refractivity contribution in [1.82, 2.24) is 4.98 Å². The van der Waals surface area contributed by atoms with Crippen molar-refractivity contribution >= 4 is 11.3 Å². The summed E-state index contributed by atoms with van der Waals surface area (Å²) in [6.07, 6.45) is 0.740. The summed E-state index contributed by atoms with van der Waals surface area (Å²) in [5, 5.41) is 3.14. The first kappa shape index (κ1) is 13.1. The van der Waals surface area contributed by atoms with Crippen LogP contribution < -0.4 is 10.5 Å². The highest BCUT2D eigenvalue weighted by Gasteiger charge is 2.14. The van der Waals surface area contributed by atoms with Crippen LogP contribution >= 0.6 is 11.3 Å². The van der Waals surface area contributed by atoms with Gasteiger partial charge in [-0.2, -0.15) is 0 Å². The number of rotatable bonds is 4. The molecule has 1 unspecified atom stereocenters. The standard InChI is InChI=1S/C14H18N2OS/c1-9-4-5-12(14(6-9)17-3)13(15)7-11-8-18-10(2)16-11/h4-6,8,13H,7,15H2,1-3H3. The molecule has 1 heterocycles. The van der Waals surface area contributed by atoms with Crippen molar-refractivity contribution < 1.29 is 4.74 Å². The predicted octanol–water partition coefficient (Wildman–Crippen LogP) is 3.01. The lowest BCUT2D eigenvalue weighted by atomic mass is 10.0. The molecule has 0 fully saturated rings. The molecule has 0 aliphatic carbocycles. The highest BCUT2D eigenvalue weighted by molar-refractivity contribution is 7.09. The minimum atomic E-state index is -0.0814. The van der Waals surface area contributed by atoms with Crippen LogP contribution in [0.2, 0.25) is 0 Å². The zero-order chi connectivity index (χ0) is 13.1. The molecule has 1 atom stereocenters. The summed E-state index contributed by atoms with van der Waals surface area (Å²) in [4.78, 5) is 4.45. The minimum absolute atomic E-state index is 0.0814. The Kier molecular flexibility index (Phi) is 3.99. The second kappa shape index (κ2) is 5.50. The molecule has 2 N–H and O–H groups in total. The maximum Gasteiger partial charge on any atom is 0.123 e. The topological polar surface area (TPSA) is 48.1 Å². The van der Waals surface area contributed by atoms with Crippen molar-refractivity contribution in [2.24, 2.45) is 5.73 Å². The number of benzene rings is 1. The second-order valence-corrected chi connectivity index (χ2v) is 5.48. The fourth-order valence-corrected chi connectivity index (χ4v) is 2.59. The van der Waals surface area contributed by atoms with Gasteiger partial charge in [-0.05, 0) is 25.5 Å². The first-order chi connectivity index (χ1) is 8.60. The minimum Gasteiger partial charge on any atom is -0.496 e. The molecule has 1 aromatic carbocycles. The normalized spacial score (nSPS) is 12.4. The average molecular weight is 262 g/mol. The van der Waals surface area contributed by atoms with Gasteiger partial charge in [0, 0.05) is 23.4 Å². The molecule has 2 aromatic rings. The predicted molar refractivity (Wildman–Crippen MR) is 75.2 cm³/mol. The van der Waals surface area contributed by atoms with E-state index in [-0.39, 0.29) is 6.04 Å². The van der Waals surface area contributed by atoms with Crippen LogP contribution in [0.4, 0.5) is 0 Å². The van der Waals surface area contributed by atoms with E-state index in [0.29, 0.717) is 0 Å². The SMILES string of the molecule is COc1cc(C)ccc1C(N)Cc1csc(C)n1. The summed E-state index contributed by atoms with van der Waals surface area (Å²) < 4.78 is 5.39. The van der Waals surface area contributed by atoms with E-state index in [1.54, 1.807) is 18.4 Å². The van der Waals surface area contributed by atoms with Gasteiger partial charge in [-0.1, -0.05) is 12.1 Å². The third-order valence-corrected chi connectivity index (χ3v) is 3.71. The van der Waals surface area contributed by atoms with Crippen LogP contribution in [0.25, 0.3) is 0 Å². The van der Waals surface area contributed by atoms with E-state index in [0.717, 1.165) is 28.4 Å². The summed E-state index contributed by atoms with van der Waals surface area (Å²) in [6, 6.07) is 6.03. The highest BCUT2D eigenvalue weighted by atomic mass is 32.1.